The van der Waals surface area contributed by atoms with Crippen LogP contribution in [0.25, 0.3) is 0 Å². The summed E-state index contributed by atoms with van der Waals surface area (Å²) in [4.78, 5) is 0. The first kappa shape index (κ1) is 20.2. The molecule has 3 heteroatoms. The summed E-state index contributed by atoms with van der Waals surface area (Å²) in [7, 11) is 2.29. The second-order valence-corrected chi connectivity index (χ2v) is 8.13. The molecule has 0 fully saturated rings. The third-order valence-corrected chi connectivity index (χ3v) is 5.86. The van der Waals surface area contributed by atoms with Gasteiger partial charge in [-0.05, 0) is 19.2 Å². The molecule has 0 amide bonds. The van der Waals surface area contributed by atoms with Gasteiger partial charge in [0.25, 0.3) is 0 Å². The van der Waals surface area contributed by atoms with Crippen LogP contribution in [0, 0.1) is 20.8 Å². The zero-order valence-corrected chi connectivity index (χ0v) is 15.8. The molecule has 1 aromatic rings. The van der Waals surface area contributed by atoms with E-state index in [-0.39, 0.29) is 33.6 Å². The van der Waals surface area contributed by atoms with Crippen molar-refractivity contribution >= 4 is 16.5 Å². The van der Waals surface area contributed by atoms with Crippen LogP contribution in [0.5, 0.6) is 0 Å². The average Bonchev–Trinajstić information content (AvgIpc) is 2.21. The molecular formula is C14H24P2Zr. The molecule has 0 saturated heterocycles. The molecule has 0 aliphatic heterocycles. The van der Waals surface area contributed by atoms with Crippen molar-refractivity contribution in [2.75, 3.05) is 6.66 Å². The number of rotatable bonds is 6. The topological polar surface area (TPSA) is 0 Å². The molecular weight excluding hydrogens is 321 g/mol. The Morgan fingerprint density at radius 3 is 2.35 bits per heavy atom. The summed E-state index contributed by atoms with van der Waals surface area (Å²) in [6.45, 7) is 6.81. The zero-order valence-electron chi connectivity index (χ0n) is 11.4. The predicted octanol–water partition coefficient (Wildman–Crippen LogP) is 5.07. The van der Waals surface area contributed by atoms with Crippen molar-refractivity contribution in [2.24, 2.45) is 0 Å². The zero-order chi connectivity index (χ0) is 11.1. The maximum Gasteiger partial charge on any atom is 2.00 e. The molecule has 0 bridgehead atoms. The van der Waals surface area contributed by atoms with Gasteiger partial charge in [0.2, 0.25) is 0 Å². The summed E-state index contributed by atoms with van der Waals surface area (Å²) in [5.74, 6) is 0. The van der Waals surface area contributed by atoms with Gasteiger partial charge in [-0.3, -0.25) is 0 Å². The molecule has 0 N–H and O–H groups in total. The van der Waals surface area contributed by atoms with Gasteiger partial charge in [0.05, 0.1) is 0 Å². The van der Waals surface area contributed by atoms with Gasteiger partial charge in [0, 0.05) is 0 Å². The van der Waals surface area contributed by atoms with Crippen LogP contribution >= 0.6 is 16.5 Å². The van der Waals surface area contributed by atoms with Gasteiger partial charge in [0.1, 0.15) is 0 Å². The molecule has 0 nitrogen and oxygen atoms in total. The van der Waals surface area contributed by atoms with E-state index in [9.17, 15) is 0 Å². The van der Waals surface area contributed by atoms with E-state index in [4.69, 9.17) is 0 Å². The van der Waals surface area contributed by atoms with Gasteiger partial charge in [-0.1, -0.05) is 33.6 Å². The van der Waals surface area contributed by atoms with E-state index in [0.717, 1.165) is 22.2 Å². The Morgan fingerprint density at radius 1 is 1.24 bits per heavy atom. The maximum atomic E-state index is 2.37. The van der Waals surface area contributed by atoms with Crippen molar-refractivity contribution in [1.29, 1.82) is 0 Å². The fourth-order valence-corrected chi connectivity index (χ4v) is 4.24. The fourth-order valence-electron chi connectivity index (χ4n) is 1.52. The number of benzene rings is 1. The molecule has 94 valence electrons. The Morgan fingerprint density at radius 2 is 1.82 bits per heavy atom. The van der Waals surface area contributed by atoms with E-state index in [0.29, 0.717) is 0 Å². The molecule has 1 aromatic carbocycles. The second kappa shape index (κ2) is 11.9. The SMILES string of the molecule is CPPC(C)CC[CH-]c1ccc(C)cc1.[CH3-].[Zr+2]. The Hall–Kier alpha value is 0.833. The van der Waals surface area contributed by atoms with Crippen LogP contribution in [0.3, 0.4) is 0 Å². The third-order valence-electron chi connectivity index (χ3n) is 2.45. The van der Waals surface area contributed by atoms with Crippen LogP contribution in [0.2, 0.25) is 0 Å². The molecule has 3 unspecified atom stereocenters. The Kier molecular flexibility index (Phi) is 14.1. The molecule has 0 heterocycles. The van der Waals surface area contributed by atoms with Crippen molar-refractivity contribution in [2.45, 2.75) is 32.3 Å². The summed E-state index contributed by atoms with van der Waals surface area (Å²) in [5, 5.41) is 0. The van der Waals surface area contributed by atoms with Crippen molar-refractivity contribution in [3.63, 3.8) is 0 Å². The standard InChI is InChI=1S/C13H21P2.CH3.Zr/c1-11-7-9-13(10-8-11)6-4-5-12(2)15-14-3;;/h6-10,12,14-15H,4-5H2,1-3H3;1H3;/q2*-1;+2. The van der Waals surface area contributed by atoms with E-state index in [2.05, 4.69) is 51.2 Å². The molecule has 0 aromatic heterocycles. The van der Waals surface area contributed by atoms with Gasteiger partial charge in [-0.15, -0.1) is 20.4 Å². The summed E-state index contributed by atoms with van der Waals surface area (Å²) in [6, 6.07) is 8.79. The molecule has 0 aliphatic carbocycles. The summed E-state index contributed by atoms with van der Waals surface area (Å²) in [6.07, 6.45) is 4.92. The van der Waals surface area contributed by atoms with E-state index in [1.807, 2.05) is 0 Å². The monoisotopic (exact) mass is 344 g/mol. The smallest absolute Gasteiger partial charge is 0.358 e. The molecule has 17 heavy (non-hydrogen) atoms. The Balaban J connectivity index is 0. The van der Waals surface area contributed by atoms with Crippen LogP contribution in [0.4, 0.5) is 0 Å². The third kappa shape index (κ3) is 9.42. The average molecular weight is 346 g/mol. The van der Waals surface area contributed by atoms with Crippen molar-refractivity contribution in [3.8, 4) is 0 Å². The first-order chi connectivity index (χ1) is 7.22. The molecule has 0 spiro atoms. The molecule has 0 radical (unpaired) electrons. The van der Waals surface area contributed by atoms with Crippen molar-refractivity contribution < 1.29 is 26.2 Å². The van der Waals surface area contributed by atoms with E-state index in [1.165, 1.54) is 24.0 Å². The van der Waals surface area contributed by atoms with E-state index < -0.39 is 0 Å². The summed E-state index contributed by atoms with van der Waals surface area (Å²) in [5.41, 5.74) is 3.62. The van der Waals surface area contributed by atoms with Crippen LogP contribution < -0.4 is 0 Å². The number of hydrogen-bond acceptors (Lipinski definition) is 0. The van der Waals surface area contributed by atoms with Gasteiger partial charge in [0.15, 0.2) is 0 Å². The summed E-state index contributed by atoms with van der Waals surface area (Å²) >= 11 is 0. The number of aryl methyl sites for hydroxylation is 1. The maximum absolute atomic E-state index is 2.37. The van der Waals surface area contributed by atoms with Crippen molar-refractivity contribution in [3.05, 3.63) is 49.2 Å². The minimum atomic E-state index is 0. The molecule has 3 atom stereocenters. The quantitative estimate of drug-likeness (QED) is 0.499. The Labute approximate surface area is 130 Å². The number of hydrogen-bond donors (Lipinski definition) is 0. The van der Waals surface area contributed by atoms with E-state index >= 15 is 0 Å². The van der Waals surface area contributed by atoms with Gasteiger partial charge >= 0.3 is 26.2 Å². The summed E-state index contributed by atoms with van der Waals surface area (Å²) < 4.78 is 0. The van der Waals surface area contributed by atoms with Crippen LogP contribution in [-0.4, -0.2) is 12.3 Å². The minimum Gasteiger partial charge on any atom is -0.358 e. The fraction of sp³-hybridized carbons (Fsp3) is 0.429. The molecule has 0 saturated carbocycles. The van der Waals surface area contributed by atoms with Gasteiger partial charge in [-0.25, -0.2) is 0 Å². The van der Waals surface area contributed by atoms with Gasteiger partial charge in [-0.2, -0.15) is 24.1 Å². The van der Waals surface area contributed by atoms with Crippen molar-refractivity contribution in [1.82, 2.24) is 0 Å². The van der Waals surface area contributed by atoms with Crippen LogP contribution in [-0.2, 0) is 26.2 Å². The Bertz CT molecular complexity index is 272. The first-order valence-electron chi connectivity index (χ1n) is 5.54. The first-order valence-corrected chi connectivity index (χ1v) is 9.12. The minimum absolute atomic E-state index is 0. The second-order valence-electron chi connectivity index (χ2n) is 3.99. The van der Waals surface area contributed by atoms with Crippen LogP contribution in [0.15, 0.2) is 24.3 Å². The van der Waals surface area contributed by atoms with Gasteiger partial charge < -0.3 is 7.43 Å². The normalized spacial score (nSPS) is 12.4. The van der Waals surface area contributed by atoms with E-state index in [1.54, 1.807) is 0 Å². The molecule has 0 aliphatic rings. The predicted molar refractivity (Wildman–Crippen MR) is 82.2 cm³/mol. The molecule has 1 rings (SSSR count). The largest absolute Gasteiger partial charge is 2.00 e. The van der Waals surface area contributed by atoms with Crippen LogP contribution in [0.1, 0.15) is 30.9 Å².